The van der Waals surface area contributed by atoms with Crippen LogP contribution in [0.2, 0.25) is 0 Å². The molecule has 0 aromatic carbocycles. The molecule has 0 bridgehead atoms. The van der Waals surface area contributed by atoms with Gasteiger partial charge in [0.1, 0.15) is 5.52 Å². The summed E-state index contributed by atoms with van der Waals surface area (Å²) in [4.78, 5) is 24.2. The van der Waals surface area contributed by atoms with Crippen LogP contribution in [-0.2, 0) is 24.5 Å². The monoisotopic (exact) mass is 563 g/mol. The lowest BCUT2D eigenvalue weighted by molar-refractivity contribution is 0.177. The Morgan fingerprint density at radius 2 is 1.90 bits per heavy atom. The molecule has 0 radical (unpaired) electrons. The van der Waals surface area contributed by atoms with Crippen LogP contribution in [0.15, 0.2) is 47.7 Å². The van der Waals surface area contributed by atoms with Crippen molar-refractivity contribution < 1.29 is 8.60 Å². The van der Waals surface area contributed by atoms with Crippen molar-refractivity contribution in [3.8, 4) is 11.3 Å². The van der Waals surface area contributed by atoms with Gasteiger partial charge in [-0.1, -0.05) is 6.07 Å². The van der Waals surface area contributed by atoms with Crippen LogP contribution in [0.5, 0.6) is 0 Å². The largest absolute Gasteiger partial charge is 0.355 e. The molecule has 1 unspecified atom stereocenters. The number of fused-ring (bicyclic) bond motifs is 2. The van der Waals surface area contributed by atoms with Crippen molar-refractivity contribution in [3.63, 3.8) is 0 Å². The normalized spacial score (nSPS) is 19.4. The van der Waals surface area contributed by atoms with Gasteiger partial charge in [-0.3, -0.25) is 9.78 Å². The average molecular weight is 564 g/mol. The van der Waals surface area contributed by atoms with Crippen molar-refractivity contribution in [1.29, 1.82) is 0 Å². The maximum absolute atomic E-state index is 15.1. The van der Waals surface area contributed by atoms with Crippen LogP contribution in [0.25, 0.3) is 16.8 Å². The summed E-state index contributed by atoms with van der Waals surface area (Å²) in [6.45, 7) is 9.28. The minimum absolute atomic E-state index is 0.0471. The number of hydrogen-bond acceptors (Lipinski definition) is 6. The van der Waals surface area contributed by atoms with E-state index in [-0.39, 0.29) is 21.8 Å². The maximum atomic E-state index is 15.1. The number of halogens is 1. The van der Waals surface area contributed by atoms with E-state index in [0.29, 0.717) is 11.4 Å². The molecule has 1 spiro atoms. The van der Waals surface area contributed by atoms with E-state index < -0.39 is 22.4 Å². The van der Waals surface area contributed by atoms with Gasteiger partial charge in [-0.2, -0.15) is 5.10 Å². The van der Waals surface area contributed by atoms with Crippen LogP contribution >= 0.6 is 0 Å². The molecule has 4 aromatic heterocycles. The predicted octanol–water partition coefficient (Wildman–Crippen LogP) is 3.87. The number of anilines is 1. The first-order chi connectivity index (χ1) is 19.0. The molecule has 2 atom stereocenters. The SMILES string of the molecule is Cc1nc(N2CCC3(CC2)Cc2ncccc2[C@H]3NS(=O)C(C)(C)C)c2ccnn2c1-c1ccn(C)c(=O)c1F. The van der Waals surface area contributed by atoms with E-state index in [2.05, 4.69) is 25.8 Å². The number of pyridine rings is 2. The van der Waals surface area contributed by atoms with E-state index in [4.69, 9.17) is 4.98 Å². The highest BCUT2D eigenvalue weighted by Gasteiger charge is 2.49. The van der Waals surface area contributed by atoms with Crippen LogP contribution in [0.3, 0.4) is 0 Å². The molecule has 9 nitrogen and oxygen atoms in total. The molecule has 1 saturated heterocycles. The molecule has 210 valence electrons. The van der Waals surface area contributed by atoms with Crippen LogP contribution in [0, 0.1) is 18.2 Å². The molecule has 1 aliphatic carbocycles. The molecular weight excluding hydrogens is 529 g/mol. The van der Waals surface area contributed by atoms with Gasteiger partial charge in [-0.15, -0.1) is 0 Å². The van der Waals surface area contributed by atoms with Crippen LogP contribution in [0.4, 0.5) is 10.2 Å². The fraction of sp³-hybridized carbons (Fsp3) is 0.448. The highest BCUT2D eigenvalue weighted by Crippen LogP contribution is 2.52. The number of nitrogens with one attached hydrogen (secondary N) is 1. The third kappa shape index (κ3) is 4.26. The standard InChI is InChI=1S/C29H34FN7O2S/c1-18-24(20-9-14-35(5)27(38)23(20)30)37-22(8-13-32-37)26(33-18)36-15-10-29(11-16-36)17-21-19(7-6-12-31-21)25(29)34-40(39)28(2,3)4/h6-9,12-14,25,34H,10-11,15-17H2,1-5H3/t25-,40?/m1/s1. The number of aromatic nitrogens is 5. The van der Waals surface area contributed by atoms with Crippen LogP contribution in [0.1, 0.15) is 56.6 Å². The van der Waals surface area contributed by atoms with Gasteiger partial charge in [-0.05, 0) is 76.1 Å². The summed E-state index contributed by atoms with van der Waals surface area (Å²) >= 11 is 0. The molecule has 1 N–H and O–H groups in total. The Balaban J connectivity index is 1.33. The lowest BCUT2D eigenvalue weighted by Crippen LogP contribution is -2.48. The molecule has 2 aliphatic rings. The highest BCUT2D eigenvalue weighted by atomic mass is 32.2. The number of rotatable bonds is 4. The van der Waals surface area contributed by atoms with E-state index in [1.807, 2.05) is 46.0 Å². The van der Waals surface area contributed by atoms with Gasteiger partial charge in [0, 0.05) is 43.8 Å². The molecule has 6 rings (SSSR count). The lowest BCUT2D eigenvalue weighted by Gasteiger charge is -2.44. The second-order valence-corrected chi connectivity index (χ2v) is 14.0. The van der Waals surface area contributed by atoms with Gasteiger partial charge in [0.2, 0.25) is 0 Å². The summed E-state index contributed by atoms with van der Waals surface area (Å²) in [6.07, 6.45) is 7.64. The van der Waals surface area contributed by atoms with Crippen LogP contribution < -0.4 is 15.2 Å². The van der Waals surface area contributed by atoms with Crippen molar-refractivity contribution in [3.05, 3.63) is 76.0 Å². The predicted molar refractivity (Wildman–Crippen MR) is 154 cm³/mol. The molecule has 40 heavy (non-hydrogen) atoms. The molecule has 5 heterocycles. The third-order valence-electron chi connectivity index (χ3n) is 8.37. The minimum Gasteiger partial charge on any atom is -0.355 e. The van der Waals surface area contributed by atoms with Gasteiger partial charge < -0.3 is 9.47 Å². The van der Waals surface area contributed by atoms with Crippen LogP contribution in [-0.4, -0.2) is 46.2 Å². The molecule has 1 aliphatic heterocycles. The molecule has 0 saturated carbocycles. The van der Waals surface area contributed by atoms with Crippen molar-refractivity contribution in [1.82, 2.24) is 28.9 Å². The Hall–Kier alpha value is -3.44. The first-order valence-electron chi connectivity index (χ1n) is 13.6. The summed E-state index contributed by atoms with van der Waals surface area (Å²) in [5.41, 5.74) is 3.43. The van der Waals surface area contributed by atoms with Gasteiger partial charge in [0.15, 0.2) is 11.6 Å². The van der Waals surface area contributed by atoms with E-state index in [9.17, 15) is 9.00 Å². The van der Waals surface area contributed by atoms with Gasteiger partial charge in [0.25, 0.3) is 5.56 Å². The van der Waals surface area contributed by atoms with E-state index >= 15 is 4.39 Å². The van der Waals surface area contributed by atoms with Crippen molar-refractivity contribution >= 4 is 22.3 Å². The Labute approximate surface area is 235 Å². The number of nitrogens with zero attached hydrogens (tertiary/aromatic N) is 6. The topological polar surface area (TPSA) is 97.4 Å². The van der Waals surface area contributed by atoms with E-state index in [1.54, 1.807) is 23.0 Å². The maximum Gasteiger partial charge on any atom is 0.286 e. The second kappa shape index (κ2) is 9.59. The summed E-state index contributed by atoms with van der Waals surface area (Å²) < 4.78 is 34.3. The van der Waals surface area contributed by atoms with Crippen molar-refractivity contribution in [2.45, 2.75) is 57.7 Å². The Morgan fingerprint density at radius 3 is 2.62 bits per heavy atom. The number of piperidine rings is 1. The van der Waals surface area contributed by atoms with Crippen molar-refractivity contribution in [2.75, 3.05) is 18.0 Å². The highest BCUT2D eigenvalue weighted by molar-refractivity contribution is 7.84. The average Bonchev–Trinajstić information content (AvgIpc) is 3.51. The third-order valence-corrected chi connectivity index (χ3v) is 9.93. The zero-order valence-electron chi connectivity index (χ0n) is 23.4. The van der Waals surface area contributed by atoms with E-state index in [1.165, 1.54) is 11.6 Å². The Kier molecular flexibility index (Phi) is 6.42. The molecule has 0 amide bonds. The first-order valence-corrected chi connectivity index (χ1v) is 14.7. The zero-order chi connectivity index (χ0) is 28.4. The first kappa shape index (κ1) is 26.8. The Bertz CT molecular complexity index is 1700. The van der Waals surface area contributed by atoms with E-state index in [0.717, 1.165) is 54.9 Å². The number of aryl methyl sites for hydroxylation is 2. The molecule has 11 heteroatoms. The molecule has 4 aromatic rings. The Morgan fingerprint density at radius 1 is 1.15 bits per heavy atom. The molecule has 1 fully saturated rings. The zero-order valence-corrected chi connectivity index (χ0v) is 24.3. The summed E-state index contributed by atoms with van der Waals surface area (Å²) in [7, 11) is 0.305. The number of hydrogen-bond donors (Lipinski definition) is 1. The minimum atomic E-state index is -1.22. The second-order valence-electron chi connectivity index (χ2n) is 12.0. The quantitative estimate of drug-likeness (QED) is 0.405. The van der Waals surface area contributed by atoms with Gasteiger partial charge >= 0.3 is 0 Å². The summed E-state index contributed by atoms with van der Waals surface area (Å²) in [5.74, 6) is -0.0331. The lowest BCUT2D eigenvalue weighted by atomic mass is 9.73. The summed E-state index contributed by atoms with van der Waals surface area (Å²) in [6, 6.07) is 7.48. The van der Waals surface area contributed by atoms with Crippen molar-refractivity contribution in [2.24, 2.45) is 12.5 Å². The summed E-state index contributed by atoms with van der Waals surface area (Å²) in [5, 5.41) is 4.49. The van der Waals surface area contributed by atoms with Gasteiger partial charge in [0.05, 0.1) is 39.4 Å². The smallest absolute Gasteiger partial charge is 0.286 e. The molecular formula is C29H34FN7O2S. The fourth-order valence-electron chi connectivity index (χ4n) is 6.12. The fourth-order valence-corrected chi connectivity index (χ4v) is 7.07. The van der Waals surface area contributed by atoms with Gasteiger partial charge in [-0.25, -0.2) is 22.8 Å².